The second kappa shape index (κ2) is 6.26. The molecule has 1 rings (SSSR count). The average molecular weight is 247 g/mol. The molecule has 0 unspecified atom stereocenters. The summed E-state index contributed by atoms with van der Waals surface area (Å²) in [4.78, 5) is 0. The highest BCUT2D eigenvalue weighted by Gasteiger charge is 2.06. The van der Waals surface area contributed by atoms with Crippen LogP contribution in [0.5, 0.6) is 5.75 Å². The lowest BCUT2D eigenvalue weighted by molar-refractivity contribution is 0.199. The van der Waals surface area contributed by atoms with Gasteiger partial charge in [0.15, 0.2) is 0 Å². The quantitative estimate of drug-likeness (QED) is 0.810. The maximum atomic E-state index is 9.35. The van der Waals surface area contributed by atoms with Crippen molar-refractivity contribution in [3.8, 4) is 5.75 Å². The van der Waals surface area contributed by atoms with Crippen molar-refractivity contribution in [3.05, 3.63) is 28.8 Å². The molecular weight excluding hydrogens is 232 g/mol. The van der Waals surface area contributed by atoms with Crippen LogP contribution in [0.3, 0.4) is 0 Å². The standard InChI is InChI=1S/C11H15ClO2S/c1-8(13)9-3-4-11(10(12)7-9)14-5-6-15-2/h3-4,7-8,13H,5-6H2,1-2H3/t8-/m0/s1. The first-order valence-corrected chi connectivity index (χ1v) is 6.51. The van der Waals surface area contributed by atoms with Crippen molar-refractivity contribution in [2.45, 2.75) is 13.0 Å². The maximum absolute atomic E-state index is 9.35. The minimum atomic E-state index is -0.497. The molecule has 0 saturated heterocycles. The number of aliphatic hydroxyl groups excluding tert-OH is 1. The molecule has 0 aliphatic carbocycles. The lowest BCUT2D eigenvalue weighted by Gasteiger charge is -2.10. The summed E-state index contributed by atoms with van der Waals surface area (Å²) >= 11 is 7.74. The smallest absolute Gasteiger partial charge is 0.137 e. The molecule has 0 amide bonds. The highest BCUT2D eigenvalue weighted by Crippen LogP contribution is 2.27. The van der Waals surface area contributed by atoms with Crippen molar-refractivity contribution < 1.29 is 9.84 Å². The van der Waals surface area contributed by atoms with Gasteiger partial charge in [-0.3, -0.25) is 0 Å². The van der Waals surface area contributed by atoms with Crippen molar-refractivity contribution in [2.24, 2.45) is 0 Å². The van der Waals surface area contributed by atoms with Gasteiger partial charge >= 0.3 is 0 Å². The third kappa shape index (κ3) is 3.93. The Bertz CT molecular complexity index is 315. The van der Waals surface area contributed by atoms with Gasteiger partial charge in [-0.15, -0.1) is 0 Å². The molecular formula is C11H15ClO2S. The van der Waals surface area contributed by atoms with Crippen LogP contribution in [-0.4, -0.2) is 23.7 Å². The molecule has 1 atom stereocenters. The van der Waals surface area contributed by atoms with Gasteiger partial charge in [0.05, 0.1) is 17.7 Å². The number of rotatable bonds is 5. The molecule has 0 radical (unpaired) electrons. The fourth-order valence-electron chi connectivity index (χ4n) is 1.13. The number of hydrogen-bond donors (Lipinski definition) is 1. The molecule has 0 bridgehead atoms. The zero-order valence-corrected chi connectivity index (χ0v) is 10.4. The van der Waals surface area contributed by atoms with Crippen LogP contribution in [-0.2, 0) is 0 Å². The van der Waals surface area contributed by atoms with Gasteiger partial charge in [-0.05, 0) is 30.9 Å². The molecule has 1 N–H and O–H groups in total. The van der Waals surface area contributed by atoms with E-state index in [2.05, 4.69) is 0 Å². The molecule has 84 valence electrons. The Labute approximate surface area is 99.6 Å². The van der Waals surface area contributed by atoms with Gasteiger partial charge in [-0.2, -0.15) is 11.8 Å². The number of ether oxygens (including phenoxy) is 1. The van der Waals surface area contributed by atoms with Gasteiger partial charge in [0.2, 0.25) is 0 Å². The summed E-state index contributed by atoms with van der Waals surface area (Å²) in [6, 6.07) is 5.36. The molecule has 0 heterocycles. The van der Waals surface area contributed by atoms with E-state index in [0.29, 0.717) is 17.4 Å². The van der Waals surface area contributed by atoms with E-state index in [9.17, 15) is 5.11 Å². The second-order valence-corrected chi connectivity index (χ2v) is 4.60. The van der Waals surface area contributed by atoms with Crippen LogP contribution >= 0.6 is 23.4 Å². The number of thioether (sulfide) groups is 1. The van der Waals surface area contributed by atoms with Gasteiger partial charge in [0, 0.05) is 5.75 Å². The Morgan fingerprint density at radius 1 is 1.53 bits per heavy atom. The SMILES string of the molecule is CSCCOc1ccc([C@H](C)O)cc1Cl. The predicted molar refractivity (Wildman–Crippen MR) is 66.0 cm³/mol. The Kier molecular flexibility index (Phi) is 5.29. The topological polar surface area (TPSA) is 29.5 Å². The van der Waals surface area contributed by atoms with Crippen molar-refractivity contribution in [1.82, 2.24) is 0 Å². The molecule has 0 saturated carbocycles. The zero-order chi connectivity index (χ0) is 11.3. The van der Waals surface area contributed by atoms with Crippen LogP contribution in [0.15, 0.2) is 18.2 Å². The first-order chi connectivity index (χ1) is 7.15. The van der Waals surface area contributed by atoms with Gasteiger partial charge < -0.3 is 9.84 Å². The molecule has 0 aliphatic rings. The van der Waals surface area contributed by atoms with Gasteiger partial charge in [-0.25, -0.2) is 0 Å². The van der Waals surface area contributed by atoms with E-state index in [1.165, 1.54) is 0 Å². The molecule has 0 aromatic heterocycles. The molecule has 1 aromatic carbocycles. The Balaban J connectivity index is 2.66. The lowest BCUT2D eigenvalue weighted by atomic mass is 10.1. The Hall–Kier alpha value is -0.380. The van der Waals surface area contributed by atoms with E-state index in [0.717, 1.165) is 11.3 Å². The van der Waals surface area contributed by atoms with E-state index in [1.807, 2.05) is 12.3 Å². The molecule has 1 aromatic rings. The number of benzene rings is 1. The minimum Gasteiger partial charge on any atom is -0.491 e. The molecule has 0 spiro atoms. The summed E-state index contributed by atoms with van der Waals surface area (Å²) in [5, 5.41) is 9.90. The van der Waals surface area contributed by atoms with E-state index < -0.39 is 6.10 Å². The van der Waals surface area contributed by atoms with E-state index in [1.54, 1.807) is 30.8 Å². The molecule has 0 fully saturated rings. The second-order valence-electron chi connectivity index (χ2n) is 3.21. The maximum Gasteiger partial charge on any atom is 0.137 e. The van der Waals surface area contributed by atoms with Crippen LogP contribution in [0.1, 0.15) is 18.6 Å². The summed E-state index contributed by atoms with van der Waals surface area (Å²) in [6.07, 6.45) is 1.53. The fourth-order valence-corrected chi connectivity index (χ4v) is 1.62. The van der Waals surface area contributed by atoms with Crippen LogP contribution in [0.2, 0.25) is 5.02 Å². The van der Waals surface area contributed by atoms with Crippen molar-refractivity contribution >= 4 is 23.4 Å². The van der Waals surface area contributed by atoms with Crippen molar-refractivity contribution in [3.63, 3.8) is 0 Å². The first-order valence-electron chi connectivity index (χ1n) is 4.74. The van der Waals surface area contributed by atoms with E-state index in [-0.39, 0.29) is 0 Å². The highest BCUT2D eigenvalue weighted by molar-refractivity contribution is 7.98. The van der Waals surface area contributed by atoms with E-state index >= 15 is 0 Å². The third-order valence-electron chi connectivity index (χ3n) is 1.98. The minimum absolute atomic E-state index is 0.497. The van der Waals surface area contributed by atoms with Crippen molar-refractivity contribution in [2.75, 3.05) is 18.6 Å². The van der Waals surface area contributed by atoms with Crippen LogP contribution in [0.4, 0.5) is 0 Å². The third-order valence-corrected chi connectivity index (χ3v) is 2.85. The zero-order valence-electron chi connectivity index (χ0n) is 8.87. The lowest BCUT2D eigenvalue weighted by Crippen LogP contribution is -2.00. The number of hydrogen-bond acceptors (Lipinski definition) is 3. The molecule has 2 nitrogen and oxygen atoms in total. The van der Waals surface area contributed by atoms with Gasteiger partial charge in [-0.1, -0.05) is 17.7 Å². The summed E-state index contributed by atoms with van der Waals surface area (Å²) in [5.41, 5.74) is 0.803. The summed E-state index contributed by atoms with van der Waals surface area (Å²) in [5.74, 6) is 1.62. The highest BCUT2D eigenvalue weighted by atomic mass is 35.5. The van der Waals surface area contributed by atoms with E-state index in [4.69, 9.17) is 16.3 Å². The molecule has 4 heteroatoms. The summed E-state index contributed by atoms with van der Waals surface area (Å²) in [6.45, 7) is 2.36. The largest absolute Gasteiger partial charge is 0.491 e. The monoisotopic (exact) mass is 246 g/mol. The Morgan fingerprint density at radius 2 is 2.27 bits per heavy atom. The first kappa shape index (κ1) is 12.7. The molecule has 15 heavy (non-hydrogen) atoms. The Morgan fingerprint density at radius 3 is 2.80 bits per heavy atom. The average Bonchev–Trinajstić information content (AvgIpc) is 2.20. The van der Waals surface area contributed by atoms with Gasteiger partial charge in [0.1, 0.15) is 5.75 Å². The van der Waals surface area contributed by atoms with Crippen molar-refractivity contribution in [1.29, 1.82) is 0 Å². The number of aliphatic hydroxyl groups is 1. The fraction of sp³-hybridized carbons (Fsp3) is 0.455. The van der Waals surface area contributed by atoms with Crippen LogP contribution < -0.4 is 4.74 Å². The normalized spacial score (nSPS) is 12.5. The molecule has 0 aliphatic heterocycles. The predicted octanol–water partition coefficient (Wildman–Crippen LogP) is 3.14. The van der Waals surface area contributed by atoms with Crippen LogP contribution in [0, 0.1) is 0 Å². The summed E-state index contributed by atoms with van der Waals surface area (Å²) < 4.78 is 5.48. The number of halogens is 1. The summed E-state index contributed by atoms with van der Waals surface area (Å²) in [7, 11) is 0. The van der Waals surface area contributed by atoms with Gasteiger partial charge in [0.25, 0.3) is 0 Å². The van der Waals surface area contributed by atoms with Crippen LogP contribution in [0.25, 0.3) is 0 Å².